The molecule has 0 aliphatic heterocycles. The van der Waals surface area contributed by atoms with Crippen LogP contribution >= 0.6 is 0 Å². The van der Waals surface area contributed by atoms with Gasteiger partial charge in [0, 0.05) is 49.7 Å². The molecule has 1 aromatic carbocycles. The molecule has 0 radical (unpaired) electrons. The summed E-state index contributed by atoms with van der Waals surface area (Å²) in [6.07, 6.45) is 3.15. The van der Waals surface area contributed by atoms with Crippen molar-refractivity contribution >= 4 is 106 Å². The lowest BCUT2D eigenvalue weighted by Crippen LogP contribution is -2.62. The van der Waals surface area contributed by atoms with E-state index >= 15 is 0 Å². The van der Waals surface area contributed by atoms with Crippen LogP contribution < -0.4 is 122 Å². The molecule has 0 saturated heterocycles. The number of aromatic nitrogens is 1. The Kier molecular flexibility index (Phi) is 42.2. The van der Waals surface area contributed by atoms with Crippen molar-refractivity contribution < 1.29 is 57.5 Å². The Morgan fingerprint density at radius 1 is 0.376 bits per heavy atom. The third-order valence-corrected chi connectivity index (χ3v) is 18.3. The van der Waals surface area contributed by atoms with Crippen molar-refractivity contribution in [3.05, 3.63) is 36.0 Å². The quantitative estimate of drug-likeness (QED) is 0.0167. The molecular weight excluding hydrogens is 1410 g/mol. The van der Waals surface area contributed by atoms with Gasteiger partial charge in [0.25, 0.3) is 0 Å². The van der Waals surface area contributed by atoms with Crippen molar-refractivity contribution in [2.45, 2.75) is 232 Å². The van der Waals surface area contributed by atoms with Gasteiger partial charge in [0.05, 0.1) is 6.04 Å². The number of aromatic amines is 1. The molecule has 0 bridgehead atoms. The molecule has 0 unspecified atom stereocenters. The molecule has 0 saturated carbocycles. The number of carbonyl (C=O) groups excluding carboxylic acids is 12. The molecule has 14 atom stereocenters. The largest absolute Gasteiger partial charge is 0.370 e. The second-order valence-electron chi connectivity index (χ2n) is 28.3. The Labute approximate surface area is 637 Å². The fraction of sp³-hybridized carbons (Fsp3) is 0.657. The summed E-state index contributed by atoms with van der Waals surface area (Å²) in [5.74, 6) is -13.1. The van der Waals surface area contributed by atoms with Gasteiger partial charge in [-0.25, -0.2) is 0 Å². The number of guanidine groups is 4. The maximum atomic E-state index is 14.9. The molecule has 39 heteroatoms. The third kappa shape index (κ3) is 34.0. The van der Waals surface area contributed by atoms with E-state index < -0.39 is 167 Å². The first kappa shape index (κ1) is 94.5. The molecule has 109 heavy (non-hydrogen) atoms. The normalized spacial score (nSPS) is 15.1. The molecule has 39 nitrogen and oxygen atoms in total. The fourth-order valence-corrected chi connectivity index (χ4v) is 11.2. The number of fused-ring (bicyclic) bond motifs is 1. The molecule has 0 aliphatic carbocycles. The van der Waals surface area contributed by atoms with Crippen LogP contribution in [0.3, 0.4) is 0 Å². The van der Waals surface area contributed by atoms with E-state index in [-0.39, 0.29) is 133 Å². The number of hydrogen-bond donors (Lipinski definition) is 23. The van der Waals surface area contributed by atoms with Crippen molar-refractivity contribution in [3.8, 4) is 0 Å². The summed E-state index contributed by atoms with van der Waals surface area (Å²) in [6, 6.07) is -8.30. The van der Waals surface area contributed by atoms with E-state index in [9.17, 15) is 57.5 Å². The summed E-state index contributed by atoms with van der Waals surface area (Å²) in [4.78, 5) is 189. The van der Waals surface area contributed by atoms with Gasteiger partial charge >= 0.3 is 0 Å². The highest BCUT2D eigenvalue weighted by Gasteiger charge is 2.39. The Balaban J connectivity index is 2.52. The zero-order valence-corrected chi connectivity index (χ0v) is 65.0. The van der Waals surface area contributed by atoms with Crippen LogP contribution in [0.25, 0.3) is 10.9 Å². The van der Waals surface area contributed by atoms with Crippen LogP contribution in [-0.2, 0) is 64.0 Å². The standard InChI is InChI=1S/C70H125N27O12/c1-12-38(9)53(65(108)93-49(33-41-34-86-43-22-15-14-21-42(41)43)61(104)90-46(25-18-30-83-68(76)77)57(100)88-44(55(73)98)24-17-29-82-67(74)75)96-60(103)48(27-20-32-85-70(80)81)92-64(107)52(37(7)8)94-56(99)40(11)87-63(106)51(36(5)6)95-66(109)54(39(10)13-2)97-59(102)45(23-16-28-71)89-58(101)47(26-19-31-84-69(78)79)91-62(105)50(72)35(3)4/h14-15,21-22,34-40,44-54,86H,12-13,16-20,23-33,71-72H2,1-11H3,(H2,73,98)(H,87,106)(H,88,100)(H,89,101)(H,90,104)(H,91,105)(H,92,107)(H,93,108)(H,94,99)(H,95,109)(H,96,103)(H,97,102)(H4,74,75,82)(H4,76,77,83)(H4,78,79,84)(H4,80,81,85)/t38-,39-,40-,44-,45-,46-,47-,48-,49-,50-,51-,52-,53-,54-/m0/s1. The number of para-hydroxylation sites is 1. The highest BCUT2D eigenvalue weighted by Crippen LogP contribution is 2.21. The Hall–Kier alpha value is -10.6. The van der Waals surface area contributed by atoms with E-state index in [0.717, 1.165) is 0 Å². The van der Waals surface area contributed by atoms with E-state index in [2.05, 4.69) is 83.4 Å². The highest BCUT2D eigenvalue weighted by atomic mass is 16.2. The van der Waals surface area contributed by atoms with Crippen molar-refractivity contribution in [1.82, 2.24) is 63.5 Å². The minimum absolute atomic E-state index is 0.00322. The average molecular weight is 1540 g/mol. The molecule has 0 fully saturated rings. The first-order valence-corrected chi connectivity index (χ1v) is 37.1. The number of rotatable bonds is 51. The van der Waals surface area contributed by atoms with Gasteiger partial charge < -0.3 is 127 Å². The second-order valence-corrected chi connectivity index (χ2v) is 28.3. The SMILES string of the molecule is CC[C@H](C)[C@H](NC(=O)[C@H](CCCN=C(N)N)NC(=O)[C@@H](NC(=O)[C@H](C)NC(=O)[C@@H](NC(=O)[C@@H](NC(=O)[C@H](CCCN)NC(=O)[C@H](CCCN=C(N)N)NC(=O)[C@@H](N)C(C)C)[C@@H](C)CC)C(C)C)C(C)C)C(=O)N[C@@H](Cc1c[nH]c2ccccc12)C(=O)N[C@@H](CCCN=C(N)N)C(=O)N[C@@H](CCCN=C(N)N)C(N)=O. The van der Waals surface area contributed by atoms with Crippen molar-refractivity contribution in [1.29, 1.82) is 0 Å². The Bertz CT molecular complexity index is 3440. The van der Waals surface area contributed by atoms with Crippen LogP contribution in [0.1, 0.15) is 159 Å². The van der Waals surface area contributed by atoms with Gasteiger partial charge in [-0.1, -0.05) is 100 Å². The maximum absolute atomic E-state index is 14.9. The van der Waals surface area contributed by atoms with E-state index in [1.54, 1.807) is 87.6 Å². The number of nitrogens with zero attached hydrogens (tertiary/aromatic N) is 4. The zero-order chi connectivity index (χ0) is 82.4. The predicted molar refractivity (Wildman–Crippen MR) is 417 cm³/mol. The summed E-state index contributed by atoms with van der Waals surface area (Å²) < 4.78 is 0. The lowest BCUT2D eigenvalue weighted by atomic mass is 9.95. The molecule has 12 amide bonds. The van der Waals surface area contributed by atoms with Crippen LogP contribution in [0.5, 0.6) is 0 Å². The van der Waals surface area contributed by atoms with Crippen molar-refractivity contribution in [2.75, 3.05) is 32.7 Å². The van der Waals surface area contributed by atoms with Gasteiger partial charge in [-0.3, -0.25) is 77.5 Å². The first-order chi connectivity index (χ1) is 51.3. The van der Waals surface area contributed by atoms with Gasteiger partial charge in [-0.15, -0.1) is 0 Å². The first-order valence-electron chi connectivity index (χ1n) is 37.1. The molecule has 0 aliphatic rings. The van der Waals surface area contributed by atoms with E-state index in [4.69, 9.17) is 63.1 Å². The maximum Gasteiger partial charge on any atom is 0.243 e. The minimum Gasteiger partial charge on any atom is -0.370 e. The number of nitrogens with one attached hydrogen (secondary N) is 12. The number of hydrogen-bond acceptors (Lipinski definition) is 18. The van der Waals surface area contributed by atoms with Gasteiger partial charge in [-0.2, -0.15) is 0 Å². The lowest BCUT2D eigenvalue weighted by molar-refractivity contribution is -0.137. The van der Waals surface area contributed by atoms with Crippen LogP contribution in [0.4, 0.5) is 0 Å². The molecule has 612 valence electrons. The molecule has 2 rings (SSSR count). The van der Waals surface area contributed by atoms with Gasteiger partial charge in [0.2, 0.25) is 70.9 Å². The van der Waals surface area contributed by atoms with Gasteiger partial charge in [-0.05, 0) is 119 Å². The highest BCUT2D eigenvalue weighted by molar-refractivity contribution is 6.00. The second kappa shape index (κ2) is 48.7. The summed E-state index contributed by atoms with van der Waals surface area (Å²) >= 11 is 0. The summed E-state index contributed by atoms with van der Waals surface area (Å²) in [5.41, 5.74) is 63.2. The topological polar surface area (TPSA) is 689 Å². The zero-order valence-electron chi connectivity index (χ0n) is 65.0. The Morgan fingerprint density at radius 2 is 0.697 bits per heavy atom. The lowest BCUT2D eigenvalue weighted by Gasteiger charge is -2.31. The fourth-order valence-electron chi connectivity index (χ4n) is 11.2. The average Bonchev–Trinajstić information content (AvgIpc) is 1.65. The minimum atomic E-state index is -1.45. The summed E-state index contributed by atoms with van der Waals surface area (Å²) in [7, 11) is 0. The Morgan fingerprint density at radius 3 is 1.09 bits per heavy atom. The van der Waals surface area contributed by atoms with Crippen LogP contribution in [-0.4, -0.2) is 205 Å². The molecule has 34 N–H and O–H groups in total. The van der Waals surface area contributed by atoms with Crippen LogP contribution in [0, 0.1) is 29.6 Å². The summed E-state index contributed by atoms with van der Waals surface area (Å²) in [5, 5.41) is 30.5. The number of amides is 12. The predicted octanol–water partition coefficient (Wildman–Crippen LogP) is -5.11. The number of aliphatic imine (C=N–C) groups is 4. The van der Waals surface area contributed by atoms with E-state index in [0.29, 0.717) is 29.3 Å². The van der Waals surface area contributed by atoms with Gasteiger partial charge in [0.15, 0.2) is 23.8 Å². The van der Waals surface area contributed by atoms with E-state index in [1.165, 1.54) is 6.92 Å². The summed E-state index contributed by atoms with van der Waals surface area (Å²) in [6.45, 7) is 18.7. The number of primary amides is 1. The monoisotopic (exact) mass is 1540 g/mol. The molecule has 1 heterocycles. The molecule has 2 aromatic rings. The van der Waals surface area contributed by atoms with Crippen LogP contribution in [0.15, 0.2) is 50.4 Å². The number of nitrogens with two attached hydrogens (primary N) is 11. The number of H-pyrrole nitrogens is 1. The van der Waals surface area contributed by atoms with E-state index in [1.807, 2.05) is 12.1 Å². The molecule has 1 aromatic heterocycles. The van der Waals surface area contributed by atoms with Gasteiger partial charge in [0.1, 0.15) is 66.5 Å². The smallest absolute Gasteiger partial charge is 0.243 e. The number of carbonyl (C=O) groups is 12. The molecule has 0 spiro atoms. The van der Waals surface area contributed by atoms with Crippen LogP contribution in [0.2, 0.25) is 0 Å². The van der Waals surface area contributed by atoms with Crippen molar-refractivity contribution in [3.63, 3.8) is 0 Å². The molecular formula is C70H125N27O12. The number of benzene rings is 1. The van der Waals surface area contributed by atoms with Crippen molar-refractivity contribution in [2.24, 2.45) is 113 Å². The third-order valence-electron chi connectivity index (χ3n) is 18.3.